The molecule has 1 aliphatic rings. The van der Waals surface area contributed by atoms with Crippen LogP contribution in [0.3, 0.4) is 0 Å². The lowest BCUT2D eigenvalue weighted by atomic mass is 10.00. The van der Waals surface area contributed by atoms with Crippen LogP contribution in [0.5, 0.6) is 5.75 Å². The number of nitrogens with two attached hydrogens (primary N) is 1. The second kappa shape index (κ2) is 5.21. The van der Waals surface area contributed by atoms with Gasteiger partial charge in [-0.1, -0.05) is 18.2 Å². The lowest BCUT2D eigenvalue weighted by Crippen LogP contribution is -2.20. The average Bonchev–Trinajstić information content (AvgIpc) is 2.80. The van der Waals surface area contributed by atoms with Gasteiger partial charge in [0.15, 0.2) is 0 Å². The van der Waals surface area contributed by atoms with E-state index in [2.05, 4.69) is 16.0 Å². The number of para-hydroxylation sites is 1. The zero-order valence-electron chi connectivity index (χ0n) is 11.8. The van der Waals surface area contributed by atoms with Crippen molar-refractivity contribution in [2.24, 2.45) is 5.73 Å². The Bertz CT molecular complexity index is 625. The number of aryl methyl sites for hydroxylation is 1. The fourth-order valence-electron chi connectivity index (χ4n) is 2.63. The summed E-state index contributed by atoms with van der Waals surface area (Å²) in [6, 6.07) is 10.2. The van der Waals surface area contributed by atoms with Gasteiger partial charge in [0.1, 0.15) is 18.2 Å². The molecule has 4 nitrogen and oxygen atoms in total. The number of aromatic nitrogens is 2. The smallest absolute Gasteiger partial charge is 0.139 e. The largest absolute Gasteiger partial charge is 0.492 e. The predicted molar refractivity (Wildman–Crippen MR) is 77.9 cm³/mol. The van der Waals surface area contributed by atoms with E-state index in [1.165, 1.54) is 5.56 Å². The number of hydrogen-bond acceptors (Lipinski definition) is 4. The normalized spacial score (nSPS) is 18.4. The second-order valence-corrected chi connectivity index (χ2v) is 5.44. The van der Waals surface area contributed by atoms with E-state index >= 15 is 0 Å². The van der Waals surface area contributed by atoms with Crippen LogP contribution < -0.4 is 10.5 Å². The second-order valence-electron chi connectivity index (χ2n) is 5.44. The van der Waals surface area contributed by atoms with Crippen LogP contribution in [0.4, 0.5) is 0 Å². The van der Waals surface area contributed by atoms with Crippen LogP contribution in [0.25, 0.3) is 0 Å². The average molecular weight is 269 g/mol. The van der Waals surface area contributed by atoms with E-state index in [9.17, 15) is 0 Å². The molecule has 1 aromatic carbocycles. The van der Waals surface area contributed by atoms with E-state index in [0.29, 0.717) is 6.61 Å². The highest BCUT2D eigenvalue weighted by molar-refractivity contribution is 5.43. The van der Waals surface area contributed by atoms with Crippen LogP contribution in [-0.4, -0.2) is 22.6 Å². The van der Waals surface area contributed by atoms with Crippen molar-refractivity contribution in [2.75, 3.05) is 6.61 Å². The Morgan fingerprint density at radius 2 is 2.15 bits per heavy atom. The van der Waals surface area contributed by atoms with Gasteiger partial charge in [-0.25, -0.2) is 9.97 Å². The van der Waals surface area contributed by atoms with Crippen LogP contribution in [0, 0.1) is 6.92 Å². The SMILES string of the molecule is Cc1cc(CC(C)N)nc(C2COc3ccccc32)n1. The van der Waals surface area contributed by atoms with E-state index in [0.717, 1.165) is 29.4 Å². The van der Waals surface area contributed by atoms with E-state index in [1.807, 2.05) is 38.1 Å². The molecule has 0 spiro atoms. The number of rotatable bonds is 3. The summed E-state index contributed by atoms with van der Waals surface area (Å²) >= 11 is 0. The first-order valence-corrected chi connectivity index (χ1v) is 6.95. The zero-order valence-corrected chi connectivity index (χ0v) is 11.8. The van der Waals surface area contributed by atoms with Gasteiger partial charge in [0, 0.05) is 29.4 Å². The first-order chi connectivity index (χ1) is 9.63. The first kappa shape index (κ1) is 13.1. The van der Waals surface area contributed by atoms with Gasteiger partial charge >= 0.3 is 0 Å². The Kier molecular flexibility index (Phi) is 3.40. The van der Waals surface area contributed by atoms with E-state index in [-0.39, 0.29) is 12.0 Å². The van der Waals surface area contributed by atoms with Crippen molar-refractivity contribution in [3.05, 3.63) is 53.1 Å². The topological polar surface area (TPSA) is 61.0 Å². The minimum absolute atomic E-state index is 0.101. The fraction of sp³-hybridized carbons (Fsp3) is 0.375. The molecule has 2 atom stereocenters. The molecule has 2 aromatic rings. The summed E-state index contributed by atoms with van der Waals surface area (Å²) < 4.78 is 5.72. The van der Waals surface area contributed by atoms with Crippen molar-refractivity contribution in [1.29, 1.82) is 0 Å². The maximum atomic E-state index is 5.87. The summed E-state index contributed by atoms with van der Waals surface area (Å²) in [5.41, 5.74) is 9.03. The van der Waals surface area contributed by atoms with Crippen molar-refractivity contribution in [2.45, 2.75) is 32.2 Å². The van der Waals surface area contributed by atoms with Crippen molar-refractivity contribution in [3.8, 4) is 5.75 Å². The van der Waals surface area contributed by atoms with Gasteiger partial charge in [0.2, 0.25) is 0 Å². The van der Waals surface area contributed by atoms with Crippen molar-refractivity contribution in [3.63, 3.8) is 0 Å². The third-order valence-electron chi connectivity index (χ3n) is 3.47. The third-order valence-corrected chi connectivity index (χ3v) is 3.47. The van der Waals surface area contributed by atoms with Gasteiger partial charge in [-0.3, -0.25) is 0 Å². The summed E-state index contributed by atoms with van der Waals surface area (Å²) in [5, 5.41) is 0. The molecule has 0 saturated carbocycles. The van der Waals surface area contributed by atoms with Crippen molar-refractivity contribution in [1.82, 2.24) is 9.97 Å². The van der Waals surface area contributed by atoms with Crippen molar-refractivity contribution < 1.29 is 4.74 Å². The molecule has 3 rings (SSSR count). The number of nitrogens with zero attached hydrogens (tertiary/aromatic N) is 2. The van der Waals surface area contributed by atoms with Gasteiger partial charge in [-0.15, -0.1) is 0 Å². The molecule has 0 radical (unpaired) electrons. The van der Waals surface area contributed by atoms with Gasteiger partial charge in [-0.2, -0.15) is 0 Å². The minimum atomic E-state index is 0.101. The third kappa shape index (κ3) is 2.51. The Morgan fingerprint density at radius 1 is 1.35 bits per heavy atom. The summed E-state index contributed by atoms with van der Waals surface area (Å²) in [5.74, 6) is 1.90. The summed E-state index contributed by atoms with van der Waals surface area (Å²) in [7, 11) is 0. The highest BCUT2D eigenvalue weighted by atomic mass is 16.5. The summed E-state index contributed by atoms with van der Waals surface area (Å²) in [6.07, 6.45) is 0.769. The molecule has 2 heterocycles. The maximum absolute atomic E-state index is 5.87. The van der Waals surface area contributed by atoms with Crippen LogP contribution >= 0.6 is 0 Å². The Balaban J connectivity index is 1.97. The lowest BCUT2D eigenvalue weighted by Gasteiger charge is -2.12. The molecule has 0 saturated heterocycles. The molecule has 2 N–H and O–H groups in total. The van der Waals surface area contributed by atoms with Crippen molar-refractivity contribution >= 4 is 0 Å². The van der Waals surface area contributed by atoms with E-state index in [1.54, 1.807) is 0 Å². The van der Waals surface area contributed by atoms with Crippen LogP contribution in [0.15, 0.2) is 30.3 Å². The molecule has 0 fully saturated rings. The maximum Gasteiger partial charge on any atom is 0.139 e. The van der Waals surface area contributed by atoms with Crippen LogP contribution in [0.1, 0.15) is 35.6 Å². The van der Waals surface area contributed by atoms with Crippen LogP contribution in [0.2, 0.25) is 0 Å². The highest BCUT2D eigenvalue weighted by Crippen LogP contribution is 2.36. The predicted octanol–water partition coefficient (Wildman–Crippen LogP) is 2.20. The Morgan fingerprint density at radius 3 is 2.95 bits per heavy atom. The molecule has 1 aromatic heterocycles. The summed E-state index contributed by atoms with van der Waals surface area (Å²) in [4.78, 5) is 9.27. The molecule has 20 heavy (non-hydrogen) atoms. The van der Waals surface area contributed by atoms with Gasteiger partial charge < -0.3 is 10.5 Å². The molecule has 0 amide bonds. The molecule has 4 heteroatoms. The Hall–Kier alpha value is -1.94. The molecular formula is C16H19N3O. The number of ether oxygens (including phenoxy) is 1. The molecule has 0 bridgehead atoms. The molecular weight excluding hydrogens is 250 g/mol. The van der Waals surface area contributed by atoms with E-state index in [4.69, 9.17) is 10.5 Å². The number of fused-ring (bicyclic) bond motifs is 1. The standard InChI is InChI=1S/C16H19N3O/c1-10(17)7-12-8-11(2)18-16(19-12)14-9-20-15-6-4-3-5-13(14)15/h3-6,8,10,14H,7,9,17H2,1-2H3. The van der Waals surface area contributed by atoms with E-state index < -0.39 is 0 Å². The molecule has 2 unspecified atom stereocenters. The molecule has 1 aliphatic heterocycles. The lowest BCUT2D eigenvalue weighted by molar-refractivity contribution is 0.339. The fourth-order valence-corrected chi connectivity index (χ4v) is 2.63. The minimum Gasteiger partial charge on any atom is -0.492 e. The number of hydrogen-bond donors (Lipinski definition) is 1. The van der Waals surface area contributed by atoms with Gasteiger partial charge in [-0.05, 0) is 26.0 Å². The Labute approximate surface area is 119 Å². The van der Waals surface area contributed by atoms with Gasteiger partial charge in [0.25, 0.3) is 0 Å². The zero-order chi connectivity index (χ0) is 14.1. The number of benzene rings is 1. The monoisotopic (exact) mass is 269 g/mol. The summed E-state index contributed by atoms with van der Waals surface area (Å²) in [6.45, 7) is 4.60. The van der Waals surface area contributed by atoms with Crippen LogP contribution in [-0.2, 0) is 6.42 Å². The molecule has 104 valence electrons. The first-order valence-electron chi connectivity index (χ1n) is 6.95. The quantitative estimate of drug-likeness (QED) is 0.928. The molecule has 0 aliphatic carbocycles. The highest BCUT2D eigenvalue weighted by Gasteiger charge is 2.27. The van der Waals surface area contributed by atoms with Gasteiger partial charge in [0.05, 0.1) is 5.92 Å².